The highest BCUT2D eigenvalue weighted by Gasteiger charge is 2.29. The Hall–Kier alpha value is -3.04. The van der Waals surface area contributed by atoms with Crippen LogP contribution in [-0.2, 0) is 11.2 Å². The molecule has 32 heavy (non-hydrogen) atoms. The van der Waals surface area contributed by atoms with Gasteiger partial charge in [-0.1, -0.05) is 25.4 Å². The Kier molecular flexibility index (Phi) is 7.42. The van der Waals surface area contributed by atoms with Crippen molar-refractivity contribution in [2.24, 2.45) is 22.6 Å². The lowest BCUT2D eigenvalue weighted by atomic mass is 9.87. The number of nitrogens with two attached hydrogens (primary N) is 2. The van der Waals surface area contributed by atoms with Crippen molar-refractivity contribution in [1.29, 1.82) is 0 Å². The van der Waals surface area contributed by atoms with Crippen LogP contribution in [0.15, 0.2) is 34.3 Å². The molecule has 3 rings (SSSR count). The van der Waals surface area contributed by atoms with Gasteiger partial charge in [0.15, 0.2) is 5.43 Å². The zero-order chi connectivity index (χ0) is 23.4. The minimum Gasteiger partial charge on any atom is -0.492 e. The van der Waals surface area contributed by atoms with Gasteiger partial charge in [0, 0.05) is 44.0 Å². The summed E-state index contributed by atoms with van der Waals surface area (Å²) < 4.78 is 12.8. The topological polar surface area (TPSA) is 134 Å². The SMILES string of the molecule is COCCCOc1cc2c(cc1Cl)-c1cc(=O)c(C(=O)NC(N)=NN)cn1C(C(C)C)C2. The molecule has 0 saturated carbocycles. The van der Waals surface area contributed by atoms with Crippen molar-refractivity contribution in [2.75, 3.05) is 20.3 Å². The molecule has 1 aromatic carbocycles. The fourth-order valence-electron chi connectivity index (χ4n) is 3.81. The van der Waals surface area contributed by atoms with Crippen molar-refractivity contribution in [1.82, 2.24) is 9.88 Å². The molecule has 10 heteroatoms. The number of halogens is 1. The van der Waals surface area contributed by atoms with Gasteiger partial charge >= 0.3 is 0 Å². The Morgan fingerprint density at radius 1 is 1.34 bits per heavy atom. The van der Waals surface area contributed by atoms with Gasteiger partial charge in [0.2, 0.25) is 5.96 Å². The monoisotopic (exact) mass is 461 g/mol. The smallest absolute Gasteiger partial charge is 0.263 e. The van der Waals surface area contributed by atoms with E-state index in [0.29, 0.717) is 36.1 Å². The summed E-state index contributed by atoms with van der Waals surface area (Å²) in [7, 11) is 1.65. The Labute approximate surface area is 191 Å². The fourth-order valence-corrected chi connectivity index (χ4v) is 4.02. The van der Waals surface area contributed by atoms with E-state index in [4.69, 9.17) is 32.7 Å². The van der Waals surface area contributed by atoms with Crippen LogP contribution in [0.3, 0.4) is 0 Å². The summed E-state index contributed by atoms with van der Waals surface area (Å²) >= 11 is 6.49. The summed E-state index contributed by atoms with van der Waals surface area (Å²) in [6.45, 7) is 5.28. The van der Waals surface area contributed by atoms with Gasteiger partial charge in [0.25, 0.3) is 5.91 Å². The number of benzene rings is 1. The van der Waals surface area contributed by atoms with Crippen molar-refractivity contribution in [3.05, 3.63) is 50.8 Å². The number of fused-ring (bicyclic) bond motifs is 3. The third-order valence-electron chi connectivity index (χ3n) is 5.44. The van der Waals surface area contributed by atoms with Crippen LogP contribution in [0.1, 0.15) is 42.2 Å². The molecular weight excluding hydrogens is 434 g/mol. The Bertz CT molecular complexity index is 1100. The van der Waals surface area contributed by atoms with Crippen molar-refractivity contribution >= 4 is 23.5 Å². The van der Waals surface area contributed by atoms with Crippen LogP contribution in [0.5, 0.6) is 5.75 Å². The number of aromatic nitrogens is 1. The molecule has 1 aliphatic heterocycles. The average Bonchev–Trinajstić information content (AvgIpc) is 2.75. The van der Waals surface area contributed by atoms with Crippen molar-refractivity contribution in [3.63, 3.8) is 0 Å². The third-order valence-corrected chi connectivity index (χ3v) is 5.74. The minimum absolute atomic E-state index is 0.0210. The lowest BCUT2D eigenvalue weighted by molar-refractivity contribution is 0.0974. The highest BCUT2D eigenvalue weighted by molar-refractivity contribution is 6.32. The summed E-state index contributed by atoms with van der Waals surface area (Å²) in [5.41, 5.74) is 7.55. The van der Waals surface area contributed by atoms with Crippen molar-refractivity contribution < 1.29 is 14.3 Å². The number of nitrogens with one attached hydrogen (secondary N) is 1. The number of hydrazone groups is 1. The molecule has 1 amide bonds. The number of methoxy groups -OCH3 is 1. The second-order valence-corrected chi connectivity index (χ2v) is 8.37. The van der Waals surface area contributed by atoms with Gasteiger partial charge in [-0.3, -0.25) is 14.9 Å². The largest absolute Gasteiger partial charge is 0.492 e. The van der Waals surface area contributed by atoms with Crippen molar-refractivity contribution in [2.45, 2.75) is 32.7 Å². The lowest BCUT2D eigenvalue weighted by Crippen LogP contribution is -2.40. The van der Waals surface area contributed by atoms with Crippen LogP contribution < -0.4 is 27.1 Å². The Morgan fingerprint density at radius 3 is 2.75 bits per heavy atom. The van der Waals surface area contributed by atoms with Crippen LogP contribution in [0.4, 0.5) is 0 Å². The molecule has 1 aliphatic rings. The zero-order valence-corrected chi connectivity index (χ0v) is 19.1. The van der Waals surface area contributed by atoms with E-state index in [-0.39, 0.29) is 23.5 Å². The summed E-state index contributed by atoms with van der Waals surface area (Å²) in [5, 5.41) is 5.97. The van der Waals surface area contributed by atoms with E-state index in [1.165, 1.54) is 6.07 Å². The highest BCUT2D eigenvalue weighted by atomic mass is 35.5. The third kappa shape index (κ3) is 4.89. The molecule has 2 heterocycles. The first-order valence-corrected chi connectivity index (χ1v) is 10.7. The molecule has 0 fully saturated rings. The van der Waals surface area contributed by atoms with Gasteiger partial charge in [-0.25, -0.2) is 0 Å². The molecular formula is C22H28ClN5O4. The average molecular weight is 462 g/mol. The number of carbonyl (C=O) groups is 1. The van der Waals surface area contributed by atoms with E-state index >= 15 is 0 Å². The standard InChI is InChI=1S/C22H28ClN5O4/c1-12(2)17-7-13-8-20(32-6-4-5-31-3)16(23)9-14(13)18-10-19(29)15(11-28(17)18)21(30)26-22(24)27-25/h8-12,17H,4-7,25H2,1-3H3,(H3,24,26,27,30). The predicted molar refractivity (Wildman–Crippen MR) is 124 cm³/mol. The molecule has 0 spiro atoms. The first-order valence-electron chi connectivity index (χ1n) is 10.3. The van der Waals surface area contributed by atoms with E-state index in [2.05, 4.69) is 24.3 Å². The van der Waals surface area contributed by atoms with Crippen LogP contribution >= 0.6 is 11.6 Å². The molecule has 5 N–H and O–H groups in total. The normalized spacial score (nSPS) is 15.3. The molecule has 0 saturated heterocycles. The molecule has 172 valence electrons. The predicted octanol–water partition coefficient (Wildman–Crippen LogP) is 2.26. The number of guanidine groups is 1. The van der Waals surface area contributed by atoms with Gasteiger partial charge in [0.05, 0.1) is 17.3 Å². The van der Waals surface area contributed by atoms with Crippen molar-refractivity contribution in [3.8, 4) is 17.0 Å². The number of ether oxygens (including phenoxy) is 2. The minimum atomic E-state index is -0.664. The molecule has 0 aliphatic carbocycles. The summed E-state index contributed by atoms with van der Waals surface area (Å²) in [4.78, 5) is 25.3. The molecule has 9 nitrogen and oxygen atoms in total. The highest BCUT2D eigenvalue weighted by Crippen LogP contribution is 2.41. The maximum absolute atomic E-state index is 12.8. The number of amides is 1. The molecule has 1 unspecified atom stereocenters. The van der Waals surface area contributed by atoms with Gasteiger partial charge in [0.1, 0.15) is 11.3 Å². The van der Waals surface area contributed by atoms with Crippen LogP contribution in [-0.4, -0.2) is 36.8 Å². The molecule has 1 atom stereocenters. The zero-order valence-electron chi connectivity index (χ0n) is 18.4. The molecule has 1 aromatic heterocycles. The maximum atomic E-state index is 12.8. The van der Waals surface area contributed by atoms with E-state index in [0.717, 1.165) is 17.5 Å². The van der Waals surface area contributed by atoms with E-state index in [1.807, 2.05) is 16.7 Å². The first-order chi connectivity index (χ1) is 15.3. The molecule has 0 bridgehead atoms. The van der Waals surface area contributed by atoms with E-state index in [1.54, 1.807) is 13.3 Å². The van der Waals surface area contributed by atoms with Crippen LogP contribution in [0.25, 0.3) is 11.3 Å². The quantitative estimate of drug-likeness (QED) is 0.190. The van der Waals surface area contributed by atoms with E-state index < -0.39 is 11.3 Å². The van der Waals surface area contributed by atoms with Gasteiger partial charge < -0.3 is 25.6 Å². The number of rotatable bonds is 7. The Morgan fingerprint density at radius 2 is 2.09 bits per heavy atom. The van der Waals surface area contributed by atoms with E-state index in [9.17, 15) is 9.59 Å². The number of pyridine rings is 1. The van der Waals surface area contributed by atoms with Crippen LogP contribution in [0.2, 0.25) is 5.02 Å². The lowest BCUT2D eigenvalue weighted by Gasteiger charge is -2.33. The Balaban J connectivity index is 2.04. The van der Waals surface area contributed by atoms with Gasteiger partial charge in [-0.15, -0.1) is 5.10 Å². The summed E-state index contributed by atoms with van der Waals surface area (Å²) in [5.74, 6) is 4.97. The number of carbonyl (C=O) groups excluding carboxylic acids is 1. The fraction of sp³-hybridized carbons (Fsp3) is 0.409. The second kappa shape index (κ2) is 10.1. The second-order valence-electron chi connectivity index (χ2n) is 7.96. The summed E-state index contributed by atoms with van der Waals surface area (Å²) in [6, 6.07) is 5.22. The van der Waals surface area contributed by atoms with Crippen LogP contribution in [0, 0.1) is 5.92 Å². The number of nitrogens with zero attached hydrogens (tertiary/aromatic N) is 2. The molecule has 2 aromatic rings. The summed E-state index contributed by atoms with van der Waals surface area (Å²) in [6.07, 6.45) is 3.01. The van der Waals surface area contributed by atoms with Gasteiger partial charge in [-0.2, -0.15) is 0 Å². The first kappa shape index (κ1) is 23.6. The maximum Gasteiger partial charge on any atom is 0.263 e. The number of hydrogen-bond acceptors (Lipinski definition) is 6. The number of hydrogen-bond donors (Lipinski definition) is 3. The van der Waals surface area contributed by atoms with Gasteiger partial charge in [-0.05, 0) is 30.0 Å². The molecule has 0 radical (unpaired) electrons.